The zero-order chi connectivity index (χ0) is 28.6. The van der Waals surface area contributed by atoms with E-state index in [0.29, 0.717) is 66.4 Å². The van der Waals surface area contributed by atoms with Crippen molar-refractivity contribution in [1.29, 1.82) is 0 Å². The minimum atomic E-state index is -0.404. The maximum Gasteiger partial charge on any atom is 0.332 e. The summed E-state index contributed by atoms with van der Waals surface area (Å²) in [5.74, 6) is 2.02. The molecule has 1 fully saturated rings. The molecule has 0 spiro atoms. The van der Waals surface area contributed by atoms with Gasteiger partial charge in [0.1, 0.15) is 11.5 Å². The summed E-state index contributed by atoms with van der Waals surface area (Å²) in [5.41, 5.74) is 2.93. The highest BCUT2D eigenvalue weighted by Gasteiger charge is 2.27. The molecule has 1 aliphatic heterocycles. The van der Waals surface area contributed by atoms with E-state index in [-0.39, 0.29) is 5.56 Å². The molecule has 0 bridgehead atoms. The number of piperazine rings is 1. The van der Waals surface area contributed by atoms with Crippen LogP contribution >= 0.6 is 12.2 Å². The molecule has 2 aromatic heterocycles. The summed E-state index contributed by atoms with van der Waals surface area (Å²) in [5, 5.41) is 3.87. The van der Waals surface area contributed by atoms with Crippen LogP contribution in [-0.4, -0.2) is 69.1 Å². The molecule has 1 saturated heterocycles. The number of ether oxygens (including phenoxy) is 2. The van der Waals surface area contributed by atoms with Crippen molar-refractivity contribution in [3.8, 4) is 11.5 Å². The second-order valence-electron chi connectivity index (χ2n) is 9.84. The molecule has 1 aliphatic rings. The predicted molar refractivity (Wildman–Crippen MR) is 160 cm³/mol. The molecule has 210 valence electrons. The quantitative estimate of drug-likeness (QED) is 0.355. The molecule has 5 rings (SSSR count). The molecule has 0 saturated carbocycles. The van der Waals surface area contributed by atoms with Crippen molar-refractivity contribution in [3.63, 3.8) is 0 Å². The van der Waals surface area contributed by atoms with E-state index in [9.17, 15) is 9.59 Å². The molecule has 1 N–H and O–H groups in total. The SMILES string of the molecule is COc1ccc(OC)c(NC(=S)N2CCN(c3nc4c(c(=O)n(C)c(=O)n4C)n3Cc3cccc(C)c3)CC2)c1. The Bertz CT molecular complexity index is 1700. The molecule has 40 heavy (non-hydrogen) atoms. The van der Waals surface area contributed by atoms with E-state index in [4.69, 9.17) is 26.7 Å². The number of aromatic nitrogens is 4. The van der Waals surface area contributed by atoms with Gasteiger partial charge in [0.05, 0.1) is 26.5 Å². The molecule has 0 unspecified atom stereocenters. The van der Waals surface area contributed by atoms with Gasteiger partial charge in [-0.15, -0.1) is 0 Å². The number of thiocarbonyl (C=S) groups is 1. The summed E-state index contributed by atoms with van der Waals surface area (Å²) in [7, 11) is 6.37. The summed E-state index contributed by atoms with van der Waals surface area (Å²) in [6, 6.07) is 13.7. The molecule has 2 aromatic carbocycles. The zero-order valence-electron chi connectivity index (χ0n) is 23.3. The number of nitrogens with one attached hydrogen (secondary N) is 1. The smallest absolute Gasteiger partial charge is 0.332 e. The Labute approximate surface area is 237 Å². The van der Waals surface area contributed by atoms with Gasteiger partial charge in [0, 0.05) is 46.3 Å². The third-order valence-electron chi connectivity index (χ3n) is 7.25. The van der Waals surface area contributed by atoms with Crippen molar-refractivity contribution in [2.24, 2.45) is 14.1 Å². The molecule has 3 heterocycles. The van der Waals surface area contributed by atoms with E-state index in [0.717, 1.165) is 21.4 Å². The van der Waals surface area contributed by atoms with E-state index in [2.05, 4.69) is 21.2 Å². The number of rotatable bonds is 6. The van der Waals surface area contributed by atoms with Gasteiger partial charge in [-0.05, 0) is 36.8 Å². The third-order valence-corrected chi connectivity index (χ3v) is 7.61. The number of aryl methyl sites for hydroxylation is 2. The molecule has 4 aromatic rings. The monoisotopic (exact) mass is 563 g/mol. The van der Waals surface area contributed by atoms with Crippen LogP contribution in [0, 0.1) is 6.92 Å². The number of fused-ring (bicyclic) bond motifs is 1. The van der Waals surface area contributed by atoms with Gasteiger partial charge in [0.15, 0.2) is 16.3 Å². The van der Waals surface area contributed by atoms with Crippen LogP contribution < -0.4 is 30.9 Å². The second-order valence-corrected chi connectivity index (χ2v) is 10.2. The topological polar surface area (TPSA) is 98.8 Å². The molecule has 11 nitrogen and oxygen atoms in total. The summed E-state index contributed by atoms with van der Waals surface area (Å²) in [6.07, 6.45) is 0. The lowest BCUT2D eigenvalue weighted by Crippen LogP contribution is -2.50. The van der Waals surface area contributed by atoms with Crippen molar-refractivity contribution in [3.05, 3.63) is 74.4 Å². The Kier molecular flexibility index (Phi) is 7.53. The zero-order valence-corrected chi connectivity index (χ0v) is 24.1. The van der Waals surface area contributed by atoms with Crippen LogP contribution in [0.1, 0.15) is 11.1 Å². The lowest BCUT2D eigenvalue weighted by Gasteiger charge is -2.37. The summed E-state index contributed by atoms with van der Waals surface area (Å²) >= 11 is 5.74. The van der Waals surface area contributed by atoms with Gasteiger partial charge in [-0.2, -0.15) is 4.98 Å². The first kappa shape index (κ1) is 27.3. The average Bonchev–Trinajstić information content (AvgIpc) is 3.34. The van der Waals surface area contributed by atoms with Crippen molar-refractivity contribution < 1.29 is 9.47 Å². The molecular weight excluding hydrogens is 530 g/mol. The third kappa shape index (κ3) is 5.02. The molecule has 12 heteroatoms. The molecule has 0 amide bonds. The van der Waals surface area contributed by atoms with Crippen LogP contribution in [0.15, 0.2) is 52.1 Å². The highest BCUT2D eigenvalue weighted by atomic mass is 32.1. The lowest BCUT2D eigenvalue weighted by molar-refractivity contribution is 0.385. The number of nitrogens with zero attached hydrogens (tertiary/aromatic N) is 6. The number of hydrogen-bond acceptors (Lipinski definition) is 7. The van der Waals surface area contributed by atoms with Gasteiger partial charge in [0.2, 0.25) is 5.95 Å². The fourth-order valence-electron chi connectivity index (χ4n) is 5.03. The van der Waals surface area contributed by atoms with E-state index >= 15 is 0 Å². The summed E-state index contributed by atoms with van der Waals surface area (Å²) in [6.45, 7) is 5.03. The Hall–Kier alpha value is -4.32. The first-order valence-corrected chi connectivity index (χ1v) is 13.4. The largest absolute Gasteiger partial charge is 0.497 e. The molecule has 0 atom stereocenters. The predicted octanol–water partition coefficient (Wildman–Crippen LogP) is 2.33. The van der Waals surface area contributed by atoms with Gasteiger partial charge >= 0.3 is 5.69 Å². The van der Waals surface area contributed by atoms with Gasteiger partial charge < -0.3 is 24.6 Å². The van der Waals surface area contributed by atoms with Crippen molar-refractivity contribution in [2.75, 3.05) is 50.6 Å². The second kappa shape index (κ2) is 11.0. The first-order valence-electron chi connectivity index (χ1n) is 13.0. The fourth-order valence-corrected chi connectivity index (χ4v) is 5.33. The fraction of sp³-hybridized carbons (Fsp3) is 0.357. The number of benzene rings is 2. The standard InChI is InChI=1S/C28H33N7O4S/c1-18-7-6-8-19(15-18)17-35-23-24(31(2)28(37)32(3)25(23)36)30-26(35)33-11-13-34(14-12-33)27(40)29-21-16-20(38-4)9-10-22(21)39-5/h6-10,15-16H,11-14,17H2,1-5H3,(H,29,40). The Morgan fingerprint density at radius 3 is 2.42 bits per heavy atom. The van der Waals surface area contributed by atoms with Crippen LogP contribution in [0.5, 0.6) is 11.5 Å². The summed E-state index contributed by atoms with van der Waals surface area (Å²) in [4.78, 5) is 35.1. The first-order chi connectivity index (χ1) is 19.2. The molecule has 0 radical (unpaired) electrons. The minimum Gasteiger partial charge on any atom is -0.497 e. The van der Waals surface area contributed by atoms with E-state index in [1.807, 2.05) is 47.9 Å². The number of anilines is 2. The number of hydrogen-bond donors (Lipinski definition) is 1. The maximum absolute atomic E-state index is 13.3. The van der Waals surface area contributed by atoms with Gasteiger partial charge in [-0.1, -0.05) is 29.8 Å². The van der Waals surface area contributed by atoms with Crippen LogP contribution in [0.3, 0.4) is 0 Å². The Morgan fingerprint density at radius 2 is 1.75 bits per heavy atom. The van der Waals surface area contributed by atoms with Crippen LogP contribution in [0.25, 0.3) is 11.2 Å². The van der Waals surface area contributed by atoms with E-state index in [1.165, 1.54) is 11.6 Å². The minimum absolute atomic E-state index is 0.360. The van der Waals surface area contributed by atoms with Gasteiger partial charge in [0.25, 0.3) is 5.56 Å². The normalized spacial score (nSPS) is 13.5. The van der Waals surface area contributed by atoms with Crippen molar-refractivity contribution >= 4 is 40.1 Å². The lowest BCUT2D eigenvalue weighted by atomic mass is 10.1. The number of methoxy groups -OCH3 is 2. The molecule has 0 aliphatic carbocycles. The van der Waals surface area contributed by atoms with Crippen LogP contribution in [0.2, 0.25) is 0 Å². The average molecular weight is 564 g/mol. The van der Waals surface area contributed by atoms with Crippen LogP contribution in [-0.2, 0) is 20.6 Å². The highest BCUT2D eigenvalue weighted by molar-refractivity contribution is 7.80. The van der Waals surface area contributed by atoms with Crippen molar-refractivity contribution in [2.45, 2.75) is 13.5 Å². The Balaban J connectivity index is 1.43. The maximum atomic E-state index is 13.3. The summed E-state index contributed by atoms with van der Waals surface area (Å²) < 4.78 is 15.3. The van der Waals surface area contributed by atoms with E-state index in [1.54, 1.807) is 21.3 Å². The Morgan fingerprint density at radius 1 is 1.00 bits per heavy atom. The van der Waals surface area contributed by atoms with Crippen LogP contribution in [0.4, 0.5) is 11.6 Å². The van der Waals surface area contributed by atoms with Gasteiger partial charge in [-0.25, -0.2) is 4.79 Å². The molecular formula is C28H33N7O4S. The highest BCUT2D eigenvalue weighted by Crippen LogP contribution is 2.29. The van der Waals surface area contributed by atoms with Crippen molar-refractivity contribution in [1.82, 2.24) is 23.6 Å². The van der Waals surface area contributed by atoms with E-state index < -0.39 is 5.69 Å². The number of imidazole rings is 1. The van der Waals surface area contributed by atoms with Gasteiger partial charge in [-0.3, -0.25) is 18.5 Å².